The third-order valence-electron chi connectivity index (χ3n) is 3.71. The van der Waals surface area contributed by atoms with Crippen LogP contribution in [0.15, 0.2) is 48.7 Å². The average molecular weight is 280 g/mol. The van der Waals surface area contributed by atoms with Gasteiger partial charge in [-0.2, -0.15) is 4.98 Å². The molecule has 1 unspecified atom stereocenters. The number of aromatic nitrogens is 3. The van der Waals surface area contributed by atoms with Crippen molar-refractivity contribution in [3.63, 3.8) is 0 Å². The molecular formula is C17H20N4. The van der Waals surface area contributed by atoms with Crippen LogP contribution in [0, 0.1) is 6.92 Å². The zero-order chi connectivity index (χ0) is 14.7. The first kappa shape index (κ1) is 13.6. The van der Waals surface area contributed by atoms with Crippen molar-refractivity contribution in [2.75, 3.05) is 11.9 Å². The fraction of sp³-hybridized carbons (Fsp3) is 0.294. The molecule has 0 aliphatic rings. The molecule has 0 bridgehead atoms. The van der Waals surface area contributed by atoms with Crippen molar-refractivity contribution in [1.29, 1.82) is 0 Å². The van der Waals surface area contributed by atoms with E-state index in [0.717, 1.165) is 18.6 Å². The summed E-state index contributed by atoms with van der Waals surface area (Å²) < 4.78 is 1.82. The maximum atomic E-state index is 4.46. The van der Waals surface area contributed by atoms with Crippen molar-refractivity contribution in [2.24, 2.45) is 0 Å². The molecule has 4 nitrogen and oxygen atoms in total. The summed E-state index contributed by atoms with van der Waals surface area (Å²) in [6.07, 6.45) is 3.04. The molecule has 0 amide bonds. The molecule has 2 heterocycles. The maximum Gasteiger partial charge on any atom is 0.243 e. The fourth-order valence-corrected chi connectivity index (χ4v) is 2.41. The maximum absolute atomic E-state index is 4.46. The van der Waals surface area contributed by atoms with E-state index in [0.29, 0.717) is 11.9 Å². The highest BCUT2D eigenvalue weighted by molar-refractivity contribution is 5.44. The zero-order valence-electron chi connectivity index (χ0n) is 12.5. The lowest BCUT2D eigenvalue weighted by Crippen LogP contribution is -2.07. The first-order valence-corrected chi connectivity index (χ1v) is 7.34. The lowest BCUT2D eigenvalue weighted by atomic mass is 9.98. The van der Waals surface area contributed by atoms with E-state index in [4.69, 9.17) is 0 Å². The number of hydrogen-bond acceptors (Lipinski definition) is 3. The Hall–Kier alpha value is -2.36. The van der Waals surface area contributed by atoms with Crippen LogP contribution in [0.2, 0.25) is 0 Å². The topological polar surface area (TPSA) is 42.2 Å². The third kappa shape index (κ3) is 3.21. The number of hydrogen-bond donors (Lipinski definition) is 1. The van der Waals surface area contributed by atoms with Crippen molar-refractivity contribution in [1.82, 2.24) is 14.6 Å². The molecule has 1 N–H and O–H groups in total. The van der Waals surface area contributed by atoms with Crippen molar-refractivity contribution in [3.8, 4) is 0 Å². The molecule has 0 radical (unpaired) electrons. The largest absolute Gasteiger partial charge is 0.353 e. The Morgan fingerprint density at radius 1 is 1.14 bits per heavy atom. The minimum absolute atomic E-state index is 0.526. The standard InChI is InChI=1S/C17H20N4/c1-13-8-9-16-19-17(20-21(16)12-13)18-11-10-14(2)15-6-4-3-5-7-15/h3-9,12,14H,10-11H2,1-2H3,(H,18,20). The molecule has 4 heteroatoms. The van der Waals surface area contributed by atoms with Gasteiger partial charge < -0.3 is 5.32 Å². The molecule has 21 heavy (non-hydrogen) atoms. The Kier molecular flexibility index (Phi) is 3.86. The fourth-order valence-electron chi connectivity index (χ4n) is 2.41. The molecule has 0 spiro atoms. The van der Waals surface area contributed by atoms with Crippen LogP contribution in [0.3, 0.4) is 0 Å². The predicted octanol–water partition coefficient (Wildman–Crippen LogP) is 3.64. The van der Waals surface area contributed by atoms with Crippen molar-refractivity contribution >= 4 is 11.6 Å². The van der Waals surface area contributed by atoms with Crippen LogP contribution >= 0.6 is 0 Å². The first-order chi connectivity index (χ1) is 10.2. The van der Waals surface area contributed by atoms with E-state index in [2.05, 4.69) is 59.6 Å². The van der Waals surface area contributed by atoms with Gasteiger partial charge in [-0.25, -0.2) is 4.52 Å². The highest BCUT2D eigenvalue weighted by Gasteiger charge is 2.06. The third-order valence-corrected chi connectivity index (χ3v) is 3.71. The van der Waals surface area contributed by atoms with Gasteiger partial charge in [0.15, 0.2) is 5.65 Å². The number of fused-ring (bicyclic) bond motifs is 1. The normalized spacial score (nSPS) is 12.5. The molecular weight excluding hydrogens is 260 g/mol. The zero-order valence-corrected chi connectivity index (χ0v) is 12.5. The number of aryl methyl sites for hydroxylation is 1. The molecule has 1 aromatic carbocycles. The van der Waals surface area contributed by atoms with Crippen LogP contribution in [0.25, 0.3) is 5.65 Å². The van der Waals surface area contributed by atoms with Gasteiger partial charge >= 0.3 is 0 Å². The number of nitrogens with one attached hydrogen (secondary N) is 1. The average Bonchev–Trinajstić information content (AvgIpc) is 2.89. The summed E-state index contributed by atoms with van der Waals surface area (Å²) in [6, 6.07) is 14.6. The van der Waals surface area contributed by atoms with Gasteiger partial charge in [-0.1, -0.05) is 43.3 Å². The molecule has 2 aromatic heterocycles. The second-order valence-electron chi connectivity index (χ2n) is 5.47. The molecule has 0 saturated carbocycles. The molecule has 0 aliphatic carbocycles. The molecule has 0 saturated heterocycles. The molecule has 1 atom stereocenters. The van der Waals surface area contributed by atoms with Crippen LogP contribution in [0.4, 0.5) is 5.95 Å². The number of pyridine rings is 1. The Morgan fingerprint density at radius 2 is 1.95 bits per heavy atom. The Balaban J connectivity index is 1.59. The van der Waals surface area contributed by atoms with Crippen LogP contribution in [-0.2, 0) is 0 Å². The number of nitrogens with zero attached hydrogens (tertiary/aromatic N) is 3. The minimum atomic E-state index is 0.526. The van der Waals surface area contributed by atoms with Gasteiger partial charge in [-0.15, -0.1) is 5.10 Å². The van der Waals surface area contributed by atoms with Crippen LogP contribution in [0.5, 0.6) is 0 Å². The van der Waals surface area contributed by atoms with Gasteiger partial charge in [-0.05, 0) is 36.5 Å². The van der Waals surface area contributed by atoms with Crippen LogP contribution in [0.1, 0.15) is 30.4 Å². The first-order valence-electron chi connectivity index (χ1n) is 7.34. The molecule has 3 aromatic rings. The summed E-state index contributed by atoms with van der Waals surface area (Å²) in [5.41, 5.74) is 3.42. The summed E-state index contributed by atoms with van der Waals surface area (Å²) in [5.74, 6) is 1.22. The monoisotopic (exact) mass is 280 g/mol. The lowest BCUT2D eigenvalue weighted by Gasteiger charge is -2.11. The highest BCUT2D eigenvalue weighted by atomic mass is 15.3. The van der Waals surface area contributed by atoms with Crippen LogP contribution in [-0.4, -0.2) is 21.1 Å². The van der Waals surface area contributed by atoms with Gasteiger partial charge in [0.2, 0.25) is 5.95 Å². The van der Waals surface area contributed by atoms with E-state index in [1.165, 1.54) is 11.1 Å². The summed E-state index contributed by atoms with van der Waals surface area (Å²) in [7, 11) is 0. The van der Waals surface area contributed by atoms with E-state index in [1.807, 2.05) is 22.8 Å². The van der Waals surface area contributed by atoms with Crippen molar-refractivity contribution < 1.29 is 0 Å². The molecule has 0 fully saturated rings. The number of rotatable bonds is 5. The second-order valence-corrected chi connectivity index (χ2v) is 5.47. The summed E-state index contributed by atoms with van der Waals surface area (Å²) >= 11 is 0. The lowest BCUT2D eigenvalue weighted by molar-refractivity contribution is 0.703. The smallest absolute Gasteiger partial charge is 0.243 e. The number of benzene rings is 1. The van der Waals surface area contributed by atoms with Gasteiger partial charge in [0, 0.05) is 12.7 Å². The molecule has 3 rings (SSSR count). The Morgan fingerprint density at radius 3 is 2.76 bits per heavy atom. The highest BCUT2D eigenvalue weighted by Crippen LogP contribution is 2.18. The predicted molar refractivity (Wildman–Crippen MR) is 85.7 cm³/mol. The van der Waals surface area contributed by atoms with Gasteiger partial charge in [0.05, 0.1) is 0 Å². The summed E-state index contributed by atoms with van der Waals surface area (Å²) in [4.78, 5) is 4.46. The summed E-state index contributed by atoms with van der Waals surface area (Å²) in [5, 5.41) is 7.75. The molecule has 108 valence electrons. The van der Waals surface area contributed by atoms with E-state index >= 15 is 0 Å². The van der Waals surface area contributed by atoms with Crippen molar-refractivity contribution in [2.45, 2.75) is 26.2 Å². The van der Waals surface area contributed by atoms with Gasteiger partial charge in [0.25, 0.3) is 0 Å². The van der Waals surface area contributed by atoms with Crippen LogP contribution < -0.4 is 5.32 Å². The number of anilines is 1. The van der Waals surface area contributed by atoms with E-state index < -0.39 is 0 Å². The quantitative estimate of drug-likeness (QED) is 0.775. The van der Waals surface area contributed by atoms with E-state index in [-0.39, 0.29) is 0 Å². The van der Waals surface area contributed by atoms with E-state index in [1.54, 1.807) is 0 Å². The Labute approximate surface area is 124 Å². The van der Waals surface area contributed by atoms with Gasteiger partial charge in [0.1, 0.15) is 0 Å². The van der Waals surface area contributed by atoms with E-state index in [9.17, 15) is 0 Å². The minimum Gasteiger partial charge on any atom is -0.353 e. The Bertz CT molecular complexity index is 718. The molecule has 0 aliphatic heterocycles. The summed E-state index contributed by atoms with van der Waals surface area (Å²) in [6.45, 7) is 5.17. The SMILES string of the molecule is Cc1ccc2nc(NCCC(C)c3ccccc3)nn2c1. The van der Waals surface area contributed by atoms with Gasteiger partial charge in [-0.3, -0.25) is 0 Å². The van der Waals surface area contributed by atoms with Crippen molar-refractivity contribution in [3.05, 3.63) is 59.8 Å². The second kappa shape index (κ2) is 5.95.